The van der Waals surface area contributed by atoms with Crippen LogP contribution in [0, 0.1) is 0 Å². The zero-order chi connectivity index (χ0) is 14.6. The Morgan fingerprint density at radius 3 is 2.65 bits per heavy atom. The van der Waals surface area contributed by atoms with Crippen LogP contribution in [-0.4, -0.2) is 30.5 Å². The Morgan fingerprint density at radius 1 is 1.25 bits per heavy atom. The summed E-state index contributed by atoms with van der Waals surface area (Å²) in [6.07, 6.45) is 2.54. The van der Waals surface area contributed by atoms with Gasteiger partial charge < -0.3 is 5.32 Å². The van der Waals surface area contributed by atoms with Crippen molar-refractivity contribution < 1.29 is 8.42 Å². The number of anilines is 1. The average Bonchev–Trinajstić information content (AvgIpc) is 2.85. The van der Waals surface area contributed by atoms with Crippen molar-refractivity contribution in [1.82, 2.24) is 9.78 Å². The van der Waals surface area contributed by atoms with Crippen LogP contribution in [0.1, 0.15) is 12.6 Å². The molecule has 5 nitrogen and oxygen atoms in total. The molecule has 0 spiro atoms. The molecule has 1 N–H and O–H groups in total. The third kappa shape index (κ3) is 3.19. The van der Waals surface area contributed by atoms with Gasteiger partial charge in [-0.2, -0.15) is 5.10 Å². The van der Waals surface area contributed by atoms with Gasteiger partial charge in [0.2, 0.25) is 0 Å². The van der Waals surface area contributed by atoms with Gasteiger partial charge in [-0.05, 0) is 18.2 Å². The molecule has 0 aliphatic carbocycles. The molecule has 1 heterocycles. The lowest BCUT2D eigenvalue weighted by Crippen LogP contribution is -2.12. The topological polar surface area (TPSA) is 64.0 Å². The lowest BCUT2D eigenvalue weighted by molar-refractivity contribution is 0.597. The summed E-state index contributed by atoms with van der Waals surface area (Å²) >= 11 is 0. The zero-order valence-corrected chi connectivity index (χ0v) is 12.5. The molecule has 2 rings (SSSR count). The average molecular weight is 293 g/mol. The molecule has 108 valence electrons. The predicted octanol–water partition coefficient (Wildman–Crippen LogP) is 1.87. The summed E-state index contributed by atoms with van der Waals surface area (Å²) in [4.78, 5) is 0.368. The van der Waals surface area contributed by atoms with Crippen molar-refractivity contribution in [3.8, 4) is 0 Å². The highest BCUT2D eigenvalue weighted by atomic mass is 32.2. The summed E-state index contributed by atoms with van der Waals surface area (Å²) in [6.45, 7) is 2.32. The molecule has 0 radical (unpaired) electrons. The third-order valence-electron chi connectivity index (χ3n) is 3.22. The van der Waals surface area contributed by atoms with E-state index in [-0.39, 0.29) is 5.75 Å². The lowest BCUT2D eigenvalue weighted by Gasteiger charge is -2.11. The number of aromatic nitrogens is 2. The van der Waals surface area contributed by atoms with Gasteiger partial charge in [-0.3, -0.25) is 4.68 Å². The number of nitrogens with zero attached hydrogens (tertiary/aromatic N) is 2. The number of sulfone groups is 1. The van der Waals surface area contributed by atoms with E-state index in [0.717, 1.165) is 12.1 Å². The molecule has 0 amide bonds. The Kier molecular flexibility index (Phi) is 4.44. The first-order valence-electron chi connectivity index (χ1n) is 6.57. The minimum absolute atomic E-state index is 0.105. The lowest BCUT2D eigenvalue weighted by atomic mass is 10.3. The maximum absolute atomic E-state index is 12.0. The molecule has 0 saturated carbocycles. The normalized spacial score (nSPS) is 11.5. The maximum Gasteiger partial charge on any atom is 0.180 e. The van der Waals surface area contributed by atoms with Crippen LogP contribution in [-0.2, 0) is 23.3 Å². The monoisotopic (exact) mass is 293 g/mol. The van der Waals surface area contributed by atoms with Gasteiger partial charge >= 0.3 is 0 Å². The fourth-order valence-corrected chi connectivity index (χ4v) is 3.08. The fraction of sp³-hybridized carbons (Fsp3) is 0.357. The van der Waals surface area contributed by atoms with Crippen molar-refractivity contribution in [3.63, 3.8) is 0 Å². The van der Waals surface area contributed by atoms with Gasteiger partial charge in [0.25, 0.3) is 0 Å². The molecule has 20 heavy (non-hydrogen) atoms. The molecule has 1 aromatic carbocycles. The van der Waals surface area contributed by atoms with Gasteiger partial charge in [-0.25, -0.2) is 8.42 Å². The van der Waals surface area contributed by atoms with E-state index < -0.39 is 9.84 Å². The SMILES string of the molecule is CCS(=O)(=O)c1ccccc1NCCc1ccnn1C. The van der Waals surface area contributed by atoms with Crippen molar-refractivity contribution >= 4 is 15.5 Å². The second-order valence-electron chi connectivity index (χ2n) is 4.52. The van der Waals surface area contributed by atoms with E-state index in [9.17, 15) is 8.42 Å². The van der Waals surface area contributed by atoms with Crippen molar-refractivity contribution in [3.05, 3.63) is 42.2 Å². The summed E-state index contributed by atoms with van der Waals surface area (Å²) in [5.41, 5.74) is 1.77. The highest BCUT2D eigenvalue weighted by Gasteiger charge is 2.15. The number of rotatable bonds is 6. The summed E-state index contributed by atoms with van der Waals surface area (Å²) in [6, 6.07) is 8.98. The van der Waals surface area contributed by atoms with E-state index in [1.807, 2.05) is 23.9 Å². The molecule has 0 saturated heterocycles. The summed E-state index contributed by atoms with van der Waals surface area (Å²) in [5.74, 6) is 0.105. The minimum atomic E-state index is -3.20. The number of hydrogen-bond donors (Lipinski definition) is 1. The highest BCUT2D eigenvalue weighted by molar-refractivity contribution is 7.91. The molecule has 6 heteroatoms. The Morgan fingerprint density at radius 2 is 2.00 bits per heavy atom. The Balaban J connectivity index is 2.09. The number of nitrogens with one attached hydrogen (secondary N) is 1. The van der Waals surface area contributed by atoms with Crippen molar-refractivity contribution in [2.45, 2.75) is 18.2 Å². The summed E-state index contributed by atoms with van der Waals surface area (Å²) in [5, 5.41) is 7.30. The van der Waals surface area contributed by atoms with E-state index in [1.165, 1.54) is 0 Å². The van der Waals surface area contributed by atoms with E-state index >= 15 is 0 Å². The smallest absolute Gasteiger partial charge is 0.180 e. The minimum Gasteiger partial charge on any atom is -0.384 e. The van der Waals surface area contributed by atoms with E-state index in [0.29, 0.717) is 17.1 Å². The van der Waals surface area contributed by atoms with Gasteiger partial charge in [-0.15, -0.1) is 0 Å². The molecule has 0 fully saturated rings. The predicted molar refractivity (Wildman–Crippen MR) is 79.6 cm³/mol. The number of aryl methyl sites for hydroxylation is 1. The highest BCUT2D eigenvalue weighted by Crippen LogP contribution is 2.21. The molecule has 1 aromatic heterocycles. The molecular weight excluding hydrogens is 274 g/mol. The first kappa shape index (κ1) is 14.6. The van der Waals surface area contributed by atoms with Crippen molar-refractivity contribution in [1.29, 1.82) is 0 Å². The van der Waals surface area contributed by atoms with Gasteiger partial charge in [0.05, 0.1) is 16.3 Å². The van der Waals surface area contributed by atoms with Crippen LogP contribution in [0.25, 0.3) is 0 Å². The van der Waals surface area contributed by atoms with E-state index in [2.05, 4.69) is 10.4 Å². The number of para-hydroxylation sites is 1. The molecular formula is C14H19N3O2S. The first-order chi connectivity index (χ1) is 9.54. The Labute approximate surface area is 119 Å². The van der Waals surface area contributed by atoms with Crippen LogP contribution in [0.5, 0.6) is 0 Å². The quantitative estimate of drug-likeness (QED) is 0.883. The van der Waals surface area contributed by atoms with Crippen LogP contribution in [0.2, 0.25) is 0 Å². The van der Waals surface area contributed by atoms with Crippen LogP contribution in [0.3, 0.4) is 0 Å². The van der Waals surface area contributed by atoms with E-state index in [4.69, 9.17) is 0 Å². The molecule has 0 aliphatic rings. The Bertz CT molecular complexity index is 677. The van der Waals surface area contributed by atoms with Crippen LogP contribution in [0.4, 0.5) is 5.69 Å². The second-order valence-corrected chi connectivity index (χ2v) is 6.77. The number of hydrogen-bond acceptors (Lipinski definition) is 4. The first-order valence-corrected chi connectivity index (χ1v) is 8.22. The third-order valence-corrected chi connectivity index (χ3v) is 5.01. The Hall–Kier alpha value is -1.82. The molecule has 0 unspecified atom stereocenters. The van der Waals surface area contributed by atoms with Gasteiger partial charge in [-0.1, -0.05) is 19.1 Å². The molecule has 2 aromatic rings. The van der Waals surface area contributed by atoms with Crippen LogP contribution < -0.4 is 5.32 Å². The van der Waals surface area contributed by atoms with Crippen LogP contribution in [0.15, 0.2) is 41.4 Å². The molecule has 0 bridgehead atoms. The van der Waals surface area contributed by atoms with Crippen molar-refractivity contribution in [2.75, 3.05) is 17.6 Å². The molecule has 0 aliphatic heterocycles. The van der Waals surface area contributed by atoms with Crippen molar-refractivity contribution in [2.24, 2.45) is 7.05 Å². The van der Waals surface area contributed by atoms with Crippen LogP contribution >= 0.6 is 0 Å². The molecule has 0 atom stereocenters. The van der Waals surface area contributed by atoms with E-state index in [1.54, 1.807) is 31.3 Å². The maximum atomic E-state index is 12.0. The zero-order valence-electron chi connectivity index (χ0n) is 11.7. The largest absolute Gasteiger partial charge is 0.384 e. The van der Waals surface area contributed by atoms with Gasteiger partial charge in [0.15, 0.2) is 9.84 Å². The van der Waals surface area contributed by atoms with Gasteiger partial charge in [0.1, 0.15) is 0 Å². The van der Waals surface area contributed by atoms with Gasteiger partial charge in [0, 0.05) is 31.9 Å². The second kappa shape index (κ2) is 6.09. The summed E-state index contributed by atoms with van der Waals surface area (Å²) < 4.78 is 25.8. The standard InChI is InChI=1S/C14H19N3O2S/c1-3-20(18,19)14-7-5-4-6-13(14)15-10-8-12-9-11-16-17(12)2/h4-7,9,11,15H,3,8,10H2,1-2H3. The summed E-state index contributed by atoms with van der Waals surface area (Å²) in [7, 11) is -1.31. The fourth-order valence-electron chi connectivity index (χ4n) is 2.01. The number of benzene rings is 1.